The number of rotatable bonds is 5. The Kier molecular flexibility index (Phi) is 4.35. The van der Waals surface area contributed by atoms with Crippen molar-refractivity contribution in [2.75, 3.05) is 0 Å². The highest BCUT2D eigenvalue weighted by Crippen LogP contribution is 2.33. The van der Waals surface area contributed by atoms with Crippen LogP contribution in [0.25, 0.3) is 22.3 Å². The minimum Gasteiger partial charge on any atom is -0.461 e. The van der Waals surface area contributed by atoms with Gasteiger partial charge in [0, 0.05) is 23.2 Å². The van der Waals surface area contributed by atoms with Gasteiger partial charge < -0.3 is 4.42 Å². The maximum absolute atomic E-state index is 12.2. The molecule has 0 radical (unpaired) electrons. The molecule has 0 fully saturated rings. The molecule has 0 unspecified atom stereocenters. The average molecular weight is 400 g/mol. The van der Waals surface area contributed by atoms with Crippen molar-refractivity contribution in [3.63, 3.8) is 0 Å². The van der Waals surface area contributed by atoms with Gasteiger partial charge in [0.25, 0.3) is 5.69 Å². The second kappa shape index (κ2) is 6.82. The van der Waals surface area contributed by atoms with Crippen molar-refractivity contribution >= 4 is 45.4 Å². The van der Waals surface area contributed by atoms with Crippen molar-refractivity contribution in [2.45, 2.75) is 0 Å². The summed E-state index contributed by atoms with van der Waals surface area (Å²) < 4.78 is 6.91. The molecule has 4 aromatic rings. The number of halogens is 1. The van der Waals surface area contributed by atoms with E-state index in [9.17, 15) is 14.9 Å². The molecule has 1 aromatic carbocycles. The highest BCUT2D eigenvalue weighted by molar-refractivity contribution is 7.15. The number of nitro groups is 1. The van der Waals surface area contributed by atoms with Gasteiger partial charge >= 0.3 is 0 Å². The summed E-state index contributed by atoms with van der Waals surface area (Å²) in [5.41, 5.74) is 1.48. The number of nitro benzene ring substituents is 1. The van der Waals surface area contributed by atoms with Crippen LogP contribution in [0.5, 0.6) is 0 Å². The molecule has 0 aliphatic heterocycles. The van der Waals surface area contributed by atoms with Gasteiger partial charge in [0.1, 0.15) is 5.02 Å². The molecule has 0 spiro atoms. The van der Waals surface area contributed by atoms with Crippen LogP contribution < -0.4 is 0 Å². The normalized spacial score (nSPS) is 11.4. The summed E-state index contributed by atoms with van der Waals surface area (Å²) >= 11 is 7.32. The van der Waals surface area contributed by atoms with Gasteiger partial charge in [-0.3, -0.25) is 19.3 Å². The Labute approximate surface area is 161 Å². The van der Waals surface area contributed by atoms with Gasteiger partial charge in [0.05, 0.1) is 22.6 Å². The van der Waals surface area contributed by atoms with Gasteiger partial charge in [-0.15, -0.1) is 11.3 Å². The van der Waals surface area contributed by atoms with E-state index in [0.717, 1.165) is 0 Å². The van der Waals surface area contributed by atoms with Crippen LogP contribution in [0.15, 0.2) is 58.7 Å². The van der Waals surface area contributed by atoms with E-state index in [-0.39, 0.29) is 22.3 Å². The zero-order chi connectivity index (χ0) is 19.0. The summed E-state index contributed by atoms with van der Waals surface area (Å²) in [6.45, 7) is 0. The molecule has 4 rings (SSSR count). The molecule has 0 saturated carbocycles. The molecule has 3 aromatic heterocycles. The highest BCUT2D eigenvalue weighted by atomic mass is 35.5. The van der Waals surface area contributed by atoms with Crippen LogP contribution in [0, 0.1) is 10.1 Å². The third kappa shape index (κ3) is 3.16. The number of furan rings is 1. The second-order valence-electron chi connectivity index (χ2n) is 5.50. The number of fused-ring (bicyclic) bond motifs is 1. The molecule has 0 bridgehead atoms. The van der Waals surface area contributed by atoms with E-state index in [2.05, 4.69) is 4.98 Å². The molecule has 27 heavy (non-hydrogen) atoms. The SMILES string of the molecule is O=C(C=Cc1c(-c2ccc(Cl)c([N+](=O)[O-])c2)nc2sccn12)c1ccco1. The molecule has 0 saturated heterocycles. The van der Waals surface area contributed by atoms with Crippen LogP contribution in [0.2, 0.25) is 5.02 Å². The molecule has 134 valence electrons. The summed E-state index contributed by atoms with van der Waals surface area (Å²) in [7, 11) is 0. The van der Waals surface area contributed by atoms with Crippen LogP contribution in [-0.4, -0.2) is 20.1 Å². The fourth-order valence-electron chi connectivity index (χ4n) is 2.63. The first-order chi connectivity index (χ1) is 13.0. The van der Waals surface area contributed by atoms with Gasteiger partial charge in [-0.05, 0) is 30.4 Å². The quantitative estimate of drug-likeness (QED) is 0.201. The van der Waals surface area contributed by atoms with E-state index in [1.165, 1.54) is 35.8 Å². The summed E-state index contributed by atoms with van der Waals surface area (Å²) in [4.78, 5) is 28.1. The van der Waals surface area contributed by atoms with E-state index in [0.29, 0.717) is 21.9 Å². The second-order valence-corrected chi connectivity index (χ2v) is 6.78. The summed E-state index contributed by atoms with van der Waals surface area (Å²) in [5, 5.41) is 13.1. The lowest BCUT2D eigenvalue weighted by Gasteiger charge is -2.02. The number of allylic oxidation sites excluding steroid dienone is 1. The van der Waals surface area contributed by atoms with Crippen molar-refractivity contribution in [3.8, 4) is 11.3 Å². The van der Waals surface area contributed by atoms with E-state index in [1.807, 2.05) is 16.0 Å². The van der Waals surface area contributed by atoms with Crippen molar-refractivity contribution < 1.29 is 14.1 Å². The fraction of sp³-hybridized carbons (Fsp3) is 0. The third-order valence-corrected chi connectivity index (χ3v) is 4.95. The van der Waals surface area contributed by atoms with Gasteiger partial charge in [-0.1, -0.05) is 17.7 Å². The van der Waals surface area contributed by atoms with Crippen LogP contribution in [-0.2, 0) is 0 Å². The van der Waals surface area contributed by atoms with Gasteiger partial charge in [-0.25, -0.2) is 4.98 Å². The maximum Gasteiger partial charge on any atom is 0.288 e. The Hall–Kier alpha value is -3.23. The molecule has 0 atom stereocenters. The molecule has 3 heterocycles. The number of hydrogen-bond donors (Lipinski definition) is 0. The monoisotopic (exact) mass is 399 g/mol. The first kappa shape index (κ1) is 17.2. The van der Waals surface area contributed by atoms with Crippen LogP contribution >= 0.6 is 22.9 Å². The molecule has 7 nitrogen and oxygen atoms in total. The van der Waals surface area contributed by atoms with E-state index >= 15 is 0 Å². The maximum atomic E-state index is 12.2. The molecule has 0 aliphatic carbocycles. The fourth-order valence-corrected chi connectivity index (χ4v) is 3.54. The number of aromatic nitrogens is 2. The Morgan fingerprint density at radius 1 is 1.37 bits per heavy atom. The zero-order valence-corrected chi connectivity index (χ0v) is 15.1. The minimum absolute atomic E-state index is 0.0508. The molecule has 0 amide bonds. The number of nitrogens with zero attached hydrogens (tertiary/aromatic N) is 3. The Morgan fingerprint density at radius 2 is 2.22 bits per heavy atom. The Balaban J connectivity index is 1.82. The number of imidazole rings is 1. The van der Waals surface area contributed by atoms with Crippen LogP contribution in [0.4, 0.5) is 5.69 Å². The predicted molar refractivity (Wildman–Crippen MR) is 102 cm³/mol. The summed E-state index contributed by atoms with van der Waals surface area (Å²) in [5.74, 6) is -0.0702. The number of benzene rings is 1. The first-order valence-corrected chi connectivity index (χ1v) is 8.96. The molecule has 0 N–H and O–H groups in total. The van der Waals surface area contributed by atoms with Gasteiger partial charge in [-0.2, -0.15) is 0 Å². The number of carbonyl (C=O) groups is 1. The smallest absolute Gasteiger partial charge is 0.288 e. The van der Waals surface area contributed by atoms with Crippen LogP contribution in [0.1, 0.15) is 16.2 Å². The average Bonchev–Trinajstić information content (AvgIpc) is 3.37. The predicted octanol–water partition coefficient (Wildman–Crippen LogP) is 5.11. The van der Waals surface area contributed by atoms with E-state index in [4.69, 9.17) is 16.0 Å². The number of carbonyl (C=O) groups excluding carboxylic acids is 1. The van der Waals surface area contributed by atoms with E-state index < -0.39 is 4.92 Å². The van der Waals surface area contributed by atoms with Gasteiger partial charge in [0.2, 0.25) is 5.78 Å². The van der Waals surface area contributed by atoms with Crippen molar-refractivity contribution in [2.24, 2.45) is 0 Å². The summed E-state index contributed by atoms with van der Waals surface area (Å²) in [6.07, 6.45) is 6.24. The molecule has 0 aliphatic rings. The van der Waals surface area contributed by atoms with Crippen molar-refractivity contribution in [1.82, 2.24) is 9.38 Å². The lowest BCUT2D eigenvalue weighted by Crippen LogP contribution is -1.93. The molecular formula is C18H10ClN3O4S. The Morgan fingerprint density at radius 3 is 2.96 bits per heavy atom. The van der Waals surface area contributed by atoms with Crippen molar-refractivity contribution in [3.05, 3.63) is 80.8 Å². The standard InChI is InChI=1S/C18H10ClN3O4S/c19-12-4-3-11(10-14(12)22(24)25)17-13(21-7-9-27-18(21)20-17)5-6-15(23)16-2-1-8-26-16/h1-10H. The molecular weight excluding hydrogens is 390 g/mol. The minimum atomic E-state index is -0.541. The highest BCUT2D eigenvalue weighted by Gasteiger charge is 2.18. The topological polar surface area (TPSA) is 90.6 Å². The zero-order valence-electron chi connectivity index (χ0n) is 13.5. The first-order valence-electron chi connectivity index (χ1n) is 7.70. The van der Waals surface area contributed by atoms with E-state index in [1.54, 1.807) is 24.3 Å². The molecule has 9 heteroatoms. The van der Waals surface area contributed by atoms with Crippen LogP contribution in [0.3, 0.4) is 0 Å². The lowest BCUT2D eigenvalue weighted by atomic mass is 10.1. The summed E-state index contributed by atoms with van der Waals surface area (Å²) in [6, 6.07) is 7.71. The number of hydrogen-bond acceptors (Lipinski definition) is 6. The lowest BCUT2D eigenvalue weighted by molar-refractivity contribution is -0.384. The number of thiazole rings is 1. The third-order valence-electron chi connectivity index (χ3n) is 3.87. The Bertz CT molecular complexity index is 1190. The van der Waals surface area contributed by atoms with Gasteiger partial charge in [0.15, 0.2) is 10.7 Å². The van der Waals surface area contributed by atoms with Crippen molar-refractivity contribution in [1.29, 1.82) is 0 Å². The largest absolute Gasteiger partial charge is 0.461 e. The number of ketones is 1.